The van der Waals surface area contributed by atoms with Crippen LogP contribution in [0.3, 0.4) is 0 Å². The Morgan fingerprint density at radius 1 is 1.23 bits per heavy atom. The van der Waals surface area contributed by atoms with Gasteiger partial charge >= 0.3 is 5.97 Å². The number of carbonyl (C=O) groups excluding carboxylic acids is 1. The summed E-state index contributed by atoms with van der Waals surface area (Å²) in [5.74, 6) is -0.712. The lowest BCUT2D eigenvalue weighted by atomic mass is 10.0. The average Bonchev–Trinajstić information content (AvgIpc) is 2.54. The molecule has 0 radical (unpaired) electrons. The number of hydrogen-bond acceptors (Lipinski definition) is 3. The van der Waals surface area contributed by atoms with Crippen LogP contribution in [0.15, 0.2) is 30.3 Å². The summed E-state index contributed by atoms with van der Waals surface area (Å²) in [7, 11) is 0. The predicted octanol–water partition coefficient (Wildman–Crippen LogP) is 2.09. The van der Waals surface area contributed by atoms with Gasteiger partial charge in [-0.1, -0.05) is 25.1 Å². The Labute approximate surface area is 131 Å². The molecule has 5 heteroatoms. The van der Waals surface area contributed by atoms with Gasteiger partial charge in [0.1, 0.15) is 0 Å². The summed E-state index contributed by atoms with van der Waals surface area (Å²) in [6.45, 7) is 4.33. The van der Waals surface area contributed by atoms with Crippen LogP contribution in [-0.2, 0) is 4.79 Å². The Balaban J connectivity index is 1.91. The zero-order chi connectivity index (χ0) is 15.9. The number of hydrogen-bond donors (Lipinski definition) is 1. The number of carbonyl (C=O) groups is 2. The lowest BCUT2D eigenvalue weighted by Crippen LogP contribution is -2.48. The van der Waals surface area contributed by atoms with E-state index >= 15 is 0 Å². The largest absolute Gasteiger partial charge is 0.480 e. The fraction of sp³-hybridized carbons (Fsp3) is 0.529. The van der Waals surface area contributed by atoms with Gasteiger partial charge < -0.3 is 10.0 Å². The molecule has 1 amide bonds. The molecular weight excluding hydrogens is 280 g/mol. The van der Waals surface area contributed by atoms with Gasteiger partial charge in [0.05, 0.1) is 6.54 Å². The number of aliphatic carboxylic acids is 1. The maximum Gasteiger partial charge on any atom is 0.317 e. The number of likely N-dealkylation sites (tertiary alicyclic amines) is 1. The molecule has 0 atom stereocenters. The highest BCUT2D eigenvalue weighted by Crippen LogP contribution is 2.18. The van der Waals surface area contributed by atoms with E-state index in [4.69, 9.17) is 5.11 Å². The van der Waals surface area contributed by atoms with Crippen molar-refractivity contribution >= 4 is 11.9 Å². The van der Waals surface area contributed by atoms with Gasteiger partial charge in [0.15, 0.2) is 0 Å². The number of nitrogens with zero attached hydrogens (tertiary/aromatic N) is 2. The summed E-state index contributed by atoms with van der Waals surface area (Å²) in [6.07, 6.45) is 2.62. The molecule has 0 aromatic heterocycles. The van der Waals surface area contributed by atoms with E-state index in [-0.39, 0.29) is 18.5 Å². The molecule has 1 saturated heterocycles. The number of amides is 1. The monoisotopic (exact) mass is 304 g/mol. The van der Waals surface area contributed by atoms with Crippen LogP contribution in [0.1, 0.15) is 36.5 Å². The average molecular weight is 304 g/mol. The van der Waals surface area contributed by atoms with Crippen molar-refractivity contribution in [3.63, 3.8) is 0 Å². The van der Waals surface area contributed by atoms with E-state index in [2.05, 4.69) is 6.92 Å². The molecule has 5 nitrogen and oxygen atoms in total. The molecule has 1 aromatic rings. The molecule has 0 unspecified atom stereocenters. The summed E-state index contributed by atoms with van der Waals surface area (Å²) < 4.78 is 0. The topological polar surface area (TPSA) is 60.9 Å². The van der Waals surface area contributed by atoms with E-state index in [1.165, 1.54) is 0 Å². The fourth-order valence-corrected chi connectivity index (χ4v) is 3.05. The maximum absolute atomic E-state index is 12.4. The molecule has 0 bridgehead atoms. The van der Waals surface area contributed by atoms with E-state index in [1.54, 1.807) is 0 Å². The van der Waals surface area contributed by atoms with Crippen LogP contribution < -0.4 is 0 Å². The zero-order valence-electron chi connectivity index (χ0n) is 13.1. The van der Waals surface area contributed by atoms with E-state index in [9.17, 15) is 9.59 Å². The fourth-order valence-electron chi connectivity index (χ4n) is 3.05. The predicted molar refractivity (Wildman–Crippen MR) is 84.9 cm³/mol. The molecular formula is C17H24N2O3. The quantitative estimate of drug-likeness (QED) is 0.874. The maximum atomic E-state index is 12.4. The highest BCUT2D eigenvalue weighted by Gasteiger charge is 2.27. The Morgan fingerprint density at radius 2 is 1.86 bits per heavy atom. The number of piperidine rings is 1. The summed E-state index contributed by atoms with van der Waals surface area (Å²) in [5.41, 5.74) is 0.719. The van der Waals surface area contributed by atoms with E-state index < -0.39 is 5.97 Å². The van der Waals surface area contributed by atoms with Crippen LogP contribution in [0.25, 0.3) is 0 Å². The summed E-state index contributed by atoms with van der Waals surface area (Å²) >= 11 is 0. The van der Waals surface area contributed by atoms with E-state index in [0.29, 0.717) is 13.1 Å². The molecule has 1 heterocycles. The standard InChI is InChI=1S/C17H24N2O3/c1-2-10-19(13-16(20)21)15-8-11-18(12-9-15)17(22)14-6-4-3-5-7-14/h3-7,15H,2,8-13H2,1H3,(H,20,21). The van der Waals surface area contributed by atoms with Gasteiger partial charge in [-0.25, -0.2) is 0 Å². The van der Waals surface area contributed by atoms with Gasteiger partial charge in [-0.15, -0.1) is 0 Å². The van der Waals surface area contributed by atoms with E-state index in [0.717, 1.165) is 31.4 Å². The lowest BCUT2D eigenvalue weighted by molar-refractivity contribution is -0.139. The minimum absolute atomic E-state index is 0.0688. The smallest absolute Gasteiger partial charge is 0.317 e. The second-order valence-corrected chi connectivity index (χ2v) is 5.75. The van der Waals surface area contributed by atoms with Crippen LogP contribution in [0.5, 0.6) is 0 Å². The molecule has 0 aliphatic carbocycles. The lowest BCUT2D eigenvalue weighted by Gasteiger charge is -2.37. The van der Waals surface area contributed by atoms with Crippen molar-refractivity contribution in [2.24, 2.45) is 0 Å². The van der Waals surface area contributed by atoms with Gasteiger partial charge in [0.2, 0.25) is 0 Å². The second-order valence-electron chi connectivity index (χ2n) is 5.75. The molecule has 0 spiro atoms. The van der Waals surface area contributed by atoms with Crippen molar-refractivity contribution in [1.29, 1.82) is 0 Å². The molecule has 1 fully saturated rings. The van der Waals surface area contributed by atoms with Gasteiger partial charge in [-0.3, -0.25) is 14.5 Å². The first-order valence-corrected chi connectivity index (χ1v) is 7.92. The first-order chi connectivity index (χ1) is 10.6. The number of rotatable bonds is 6. The summed E-state index contributed by atoms with van der Waals surface area (Å²) in [6, 6.07) is 9.57. The van der Waals surface area contributed by atoms with Crippen LogP contribution in [-0.4, -0.2) is 59.0 Å². The minimum atomic E-state index is -0.781. The molecule has 1 aromatic carbocycles. The Hall–Kier alpha value is -1.88. The zero-order valence-corrected chi connectivity index (χ0v) is 13.1. The number of carboxylic acids is 1. The van der Waals surface area contributed by atoms with E-state index in [1.807, 2.05) is 40.1 Å². The molecule has 1 N–H and O–H groups in total. The number of carboxylic acid groups (broad SMARTS) is 1. The molecule has 1 aliphatic heterocycles. The van der Waals surface area contributed by atoms with Crippen molar-refractivity contribution in [3.05, 3.63) is 35.9 Å². The van der Waals surface area contributed by atoms with Crippen LogP contribution in [0.4, 0.5) is 0 Å². The highest BCUT2D eigenvalue weighted by atomic mass is 16.4. The van der Waals surface area contributed by atoms with Crippen molar-refractivity contribution in [3.8, 4) is 0 Å². The second kappa shape index (κ2) is 7.94. The van der Waals surface area contributed by atoms with Crippen molar-refractivity contribution in [2.45, 2.75) is 32.2 Å². The van der Waals surface area contributed by atoms with Crippen LogP contribution >= 0.6 is 0 Å². The third-order valence-corrected chi connectivity index (χ3v) is 4.14. The highest BCUT2D eigenvalue weighted by molar-refractivity contribution is 5.94. The summed E-state index contributed by atoms with van der Waals surface area (Å²) in [4.78, 5) is 27.3. The third kappa shape index (κ3) is 4.31. The van der Waals surface area contributed by atoms with Gasteiger partial charge in [-0.05, 0) is 37.9 Å². The van der Waals surface area contributed by atoms with Gasteiger partial charge in [-0.2, -0.15) is 0 Å². The number of benzene rings is 1. The van der Waals surface area contributed by atoms with Gasteiger partial charge in [0, 0.05) is 24.7 Å². The first kappa shape index (κ1) is 16.5. The minimum Gasteiger partial charge on any atom is -0.480 e. The molecule has 1 aliphatic rings. The first-order valence-electron chi connectivity index (χ1n) is 7.92. The third-order valence-electron chi connectivity index (χ3n) is 4.14. The van der Waals surface area contributed by atoms with Gasteiger partial charge in [0.25, 0.3) is 5.91 Å². The van der Waals surface area contributed by atoms with Crippen molar-refractivity contribution < 1.29 is 14.7 Å². The summed E-state index contributed by atoms with van der Waals surface area (Å²) in [5, 5.41) is 9.02. The Kier molecular flexibility index (Phi) is 5.95. The normalized spacial score (nSPS) is 16.0. The molecule has 0 saturated carbocycles. The SMILES string of the molecule is CCCN(CC(=O)O)C1CCN(C(=O)c2ccccc2)CC1. The molecule has 22 heavy (non-hydrogen) atoms. The van der Waals surface area contributed by atoms with Crippen LogP contribution in [0.2, 0.25) is 0 Å². The molecule has 120 valence electrons. The Morgan fingerprint density at radius 3 is 2.41 bits per heavy atom. The van der Waals surface area contributed by atoms with Crippen molar-refractivity contribution in [1.82, 2.24) is 9.80 Å². The molecule has 2 rings (SSSR count). The Bertz CT molecular complexity index is 496. The van der Waals surface area contributed by atoms with Crippen molar-refractivity contribution in [2.75, 3.05) is 26.2 Å². The van der Waals surface area contributed by atoms with Crippen LogP contribution in [0, 0.1) is 0 Å².